The van der Waals surface area contributed by atoms with Gasteiger partial charge in [-0.2, -0.15) is 0 Å². The van der Waals surface area contributed by atoms with E-state index in [-0.39, 0.29) is 11.7 Å². The minimum atomic E-state index is -0.207. The predicted octanol–water partition coefficient (Wildman–Crippen LogP) is 3.95. The number of benzene rings is 2. The van der Waals surface area contributed by atoms with E-state index in [4.69, 9.17) is 0 Å². The van der Waals surface area contributed by atoms with Gasteiger partial charge in [0.1, 0.15) is 5.82 Å². The van der Waals surface area contributed by atoms with Crippen LogP contribution in [0, 0.1) is 11.7 Å². The lowest BCUT2D eigenvalue weighted by Gasteiger charge is -2.55. The maximum absolute atomic E-state index is 13.5. The average molecular weight is 364 g/mol. The molecule has 1 amide bonds. The number of halogens is 1. The quantitative estimate of drug-likeness (QED) is 0.894. The molecule has 0 radical (unpaired) electrons. The Labute approximate surface area is 159 Å². The Kier molecular flexibility index (Phi) is 4.24. The Balaban J connectivity index is 1.28. The van der Waals surface area contributed by atoms with Gasteiger partial charge in [0.25, 0.3) is 0 Å². The molecule has 6 rings (SSSR count). The van der Waals surface area contributed by atoms with Gasteiger partial charge in [-0.05, 0) is 41.7 Å². The van der Waals surface area contributed by atoms with Crippen LogP contribution in [0.2, 0.25) is 0 Å². The number of fused-ring (bicyclic) bond motifs is 2. The summed E-state index contributed by atoms with van der Waals surface area (Å²) in [7, 11) is 0. The number of hydrogen-bond acceptors (Lipinski definition) is 2. The molecule has 2 aromatic carbocycles. The molecule has 2 bridgehead atoms. The number of nitrogens with zero attached hydrogens (tertiary/aromatic N) is 1. The largest absolute Gasteiger partial charge is 0.339 e. The molecule has 4 fully saturated rings. The first-order chi connectivity index (χ1) is 13.2. The molecule has 3 saturated heterocycles. The third-order valence-electron chi connectivity index (χ3n) is 6.60. The summed E-state index contributed by atoms with van der Waals surface area (Å²) in [5.74, 6) is 0.913. The fourth-order valence-corrected chi connectivity index (χ4v) is 5.17. The normalized spacial score (nSPS) is 27.4. The molecule has 4 heteroatoms. The van der Waals surface area contributed by atoms with Crippen LogP contribution in [0.1, 0.15) is 37.2 Å². The molecule has 2 aromatic rings. The highest BCUT2D eigenvalue weighted by atomic mass is 19.1. The highest BCUT2D eigenvalue weighted by Gasteiger charge is 2.48. The Bertz CT molecular complexity index is 832. The summed E-state index contributed by atoms with van der Waals surface area (Å²) in [4.78, 5) is 14.8. The van der Waals surface area contributed by atoms with Crippen LogP contribution in [0.5, 0.6) is 0 Å². The number of piperidine rings is 1. The summed E-state index contributed by atoms with van der Waals surface area (Å²) >= 11 is 0. The lowest BCUT2D eigenvalue weighted by atomic mass is 9.74. The summed E-state index contributed by atoms with van der Waals surface area (Å²) in [6, 6.07) is 15.9. The number of rotatable bonds is 3. The van der Waals surface area contributed by atoms with Gasteiger partial charge in [-0.25, -0.2) is 4.39 Å². The lowest BCUT2D eigenvalue weighted by molar-refractivity contribution is -0.140. The van der Waals surface area contributed by atoms with Gasteiger partial charge >= 0.3 is 0 Å². The van der Waals surface area contributed by atoms with Crippen molar-refractivity contribution in [3.8, 4) is 11.1 Å². The molecule has 3 nitrogen and oxygen atoms in total. The first-order valence-electron chi connectivity index (χ1n) is 10.1. The van der Waals surface area contributed by atoms with Gasteiger partial charge in [0.2, 0.25) is 5.91 Å². The highest BCUT2D eigenvalue weighted by molar-refractivity contribution is 5.79. The van der Waals surface area contributed by atoms with Crippen LogP contribution in [0.15, 0.2) is 48.5 Å². The maximum atomic E-state index is 13.5. The Morgan fingerprint density at radius 1 is 0.963 bits per heavy atom. The minimum absolute atomic E-state index is 0.207. The second kappa shape index (κ2) is 6.75. The van der Waals surface area contributed by atoms with Gasteiger partial charge < -0.3 is 10.2 Å². The predicted molar refractivity (Wildman–Crippen MR) is 104 cm³/mol. The molecule has 0 spiro atoms. The fraction of sp³-hybridized carbons (Fsp3) is 0.435. The van der Waals surface area contributed by atoms with Crippen LogP contribution < -0.4 is 5.32 Å². The molecule has 27 heavy (non-hydrogen) atoms. The number of nitrogens with one attached hydrogen (secondary N) is 1. The summed E-state index contributed by atoms with van der Waals surface area (Å²) in [6.45, 7) is 1.64. The minimum Gasteiger partial charge on any atom is -0.339 e. The Morgan fingerprint density at radius 3 is 2.33 bits per heavy atom. The first-order valence-corrected chi connectivity index (χ1v) is 10.1. The van der Waals surface area contributed by atoms with Crippen LogP contribution >= 0.6 is 0 Å². The van der Waals surface area contributed by atoms with E-state index >= 15 is 0 Å². The van der Waals surface area contributed by atoms with Crippen LogP contribution in [0.4, 0.5) is 4.39 Å². The number of piperazine rings is 1. The first kappa shape index (κ1) is 16.9. The van der Waals surface area contributed by atoms with Gasteiger partial charge in [0.15, 0.2) is 0 Å². The van der Waals surface area contributed by atoms with Gasteiger partial charge in [-0.3, -0.25) is 4.79 Å². The van der Waals surface area contributed by atoms with E-state index in [1.54, 1.807) is 12.1 Å². The molecule has 1 saturated carbocycles. The van der Waals surface area contributed by atoms with Crippen LogP contribution in [-0.2, 0) is 4.79 Å². The van der Waals surface area contributed by atoms with Crippen molar-refractivity contribution in [2.45, 2.75) is 43.7 Å². The molecular weight excluding hydrogens is 339 g/mol. The van der Waals surface area contributed by atoms with Crippen molar-refractivity contribution in [2.24, 2.45) is 5.92 Å². The van der Waals surface area contributed by atoms with Crippen molar-refractivity contribution in [1.29, 1.82) is 0 Å². The number of carbonyl (C=O) groups is 1. The number of hydrogen-bond donors (Lipinski definition) is 1. The third-order valence-corrected chi connectivity index (χ3v) is 6.60. The molecule has 140 valence electrons. The average Bonchev–Trinajstić information content (AvgIpc) is 3.23. The standard InChI is InChI=1S/C23H25FN2O/c24-19-7-3-6-18(12-19)15-8-10-16(11-9-15)22-20-13-26(14-21(22)25-20)23(27)17-4-1-2-5-17/h3,6-12,17,20-22,25H,1-2,4-5,13-14H2/t20-,21+,22?. The van der Waals surface area contributed by atoms with Crippen LogP contribution in [0.3, 0.4) is 0 Å². The number of carbonyl (C=O) groups excluding carboxylic acids is 1. The molecule has 1 unspecified atom stereocenters. The zero-order chi connectivity index (χ0) is 18.4. The summed E-state index contributed by atoms with van der Waals surface area (Å²) in [5, 5.41) is 3.61. The highest BCUT2D eigenvalue weighted by Crippen LogP contribution is 2.39. The van der Waals surface area contributed by atoms with Crippen molar-refractivity contribution < 1.29 is 9.18 Å². The van der Waals surface area contributed by atoms with E-state index in [1.165, 1.54) is 24.5 Å². The monoisotopic (exact) mass is 364 g/mol. The van der Waals surface area contributed by atoms with Gasteiger partial charge in [0, 0.05) is 37.0 Å². The number of amides is 1. The zero-order valence-corrected chi connectivity index (χ0v) is 15.4. The fourth-order valence-electron chi connectivity index (χ4n) is 5.17. The summed E-state index contributed by atoms with van der Waals surface area (Å²) in [6.07, 6.45) is 4.55. The van der Waals surface area contributed by atoms with E-state index < -0.39 is 0 Å². The third kappa shape index (κ3) is 3.06. The smallest absolute Gasteiger partial charge is 0.225 e. The Morgan fingerprint density at radius 2 is 1.67 bits per heavy atom. The molecule has 3 atom stereocenters. The summed E-state index contributed by atoms with van der Waals surface area (Å²) < 4.78 is 13.5. The van der Waals surface area contributed by atoms with Crippen molar-refractivity contribution in [3.63, 3.8) is 0 Å². The van der Waals surface area contributed by atoms with E-state index in [0.717, 1.165) is 37.1 Å². The lowest BCUT2D eigenvalue weighted by Crippen LogP contribution is -2.72. The van der Waals surface area contributed by atoms with E-state index in [1.807, 2.05) is 6.07 Å². The van der Waals surface area contributed by atoms with E-state index in [2.05, 4.69) is 34.5 Å². The molecule has 0 aromatic heterocycles. The molecule has 3 heterocycles. The molecule has 1 aliphatic carbocycles. The molecule has 1 N–H and O–H groups in total. The van der Waals surface area contributed by atoms with Gasteiger partial charge in [-0.15, -0.1) is 0 Å². The van der Waals surface area contributed by atoms with Crippen LogP contribution in [0.25, 0.3) is 11.1 Å². The second-order valence-electron chi connectivity index (χ2n) is 8.26. The van der Waals surface area contributed by atoms with Crippen LogP contribution in [-0.4, -0.2) is 36.0 Å². The maximum Gasteiger partial charge on any atom is 0.225 e. The van der Waals surface area contributed by atoms with Gasteiger partial charge in [-0.1, -0.05) is 49.2 Å². The van der Waals surface area contributed by atoms with Crippen molar-refractivity contribution >= 4 is 5.91 Å². The van der Waals surface area contributed by atoms with Crippen molar-refractivity contribution in [2.75, 3.05) is 13.1 Å². The molecule has 4 aliphatic rings. The molecular formula is C23H25FN2O. The van der Waals surface area contributed by atoms with Crippen molar-refractivity contribution in [1.82, 2.24) is 10.2 Å². The van der Waals surface area contributed by atoms with Crippen molar-refractivity contribution in [3.05, 3.63) is 59.9 Å². The second-order valence-corrected chi connectivity index (χ2v) is 8.26. The zero-order valence-electron chi connectivity index (χ0n) is 15.4. The topological polar surface area (TPSA) is 32.3 Å². The van der Waals surface area contributed by atoms with E-state index in [0.29, 0.717) is 23.9 Å². The Hall–Kier alpha value is -2.20. The molecule has 3 aliphatic heterocycles. The van der Waals surface area contributed by atoms with E-state index in [9.17, 15) is 9.18 Å². The summed E-state index contributed by atoms with van der Waals surface area (Å²) in [5.41, 5.74) is 3.26. The SMILES string of the molecule is O=C(C1CCCC1)N1C[C@@H]2N[C@H](C1)C2c1ccc(-c2cccc(F)c2)cc1. The van der Waals surface area contributed by atoms with Gasteiger partial charge in [0.05, 0.1) is 0 Å².